The predicted molar refractivity (Wildman–Crippen MR) is 108 cm³/mol. The minimum absolute atomic E-state index is 0.0871. The Morgan fingerprint density at radius 2 is 1.36 bits per heavy atom. The third kappa shape index (κ3) is 21.6. The van der Waals surface area contributed by atoms with Crippen molar-refractivity contribution in [2.75, 3.05) is 26.4 Å². The molecule has 1 atom stereocenters. The third-order valence-electron chi connectivity index (χ3n) is 4.49. The van der Waals surface area contributed by atoms with Crippen molar-refractivity contribution in [1.82, 2.24) is 0 Å². The van der Waals surface area contributed by atoms with E-state index in [2.05, 4.69) is 26.0 Å². The number of hydrogen-bond acceptors (Lipinski definition) is 3. The van der Waals surface area contributed by atoms with Crippen LogP contribution in [-0.4, -0.2) is 37.6 Å². The Balaban J connectivity index is 3.18. The van der Waals surface area contributed by atoms with E-state index in [1.165, 1.54) is 77.0 Å². The standard InChI is InChI=1S/C22H44O3/c1-3-4-5-6-7-8-9-10-11-12-13-14-15-16-17-22(2)25-21-20-24-19-18-23/h10-11,22-23H,3-9,12-21H2,1-2H3/b11-10-. The zero-order chi connectivity index (χ0) is 18.4. The van der Waals surface area contributed by atoms with Crippen molar-refractivity contribution < 1.29 is 14.6 Å². The highest BCUT2D eigenvalue weighted by Gasteiger charge is 2.01. The highest BCUT2D eigenvalue weighted by Crippen LogP contribution is 2.11. The van der Waals surface area contributed by atoms with Crippen LogP contribution in [0.5, 0.6) is 0 Å². The maximum absolute atomic E-state index is 8.60. The molecule has 0 saturated carbocycles. The van der Waals surface area contributed by atoms with E-state index in [1.54, 1.807) is 0 Å². The fourth-order valence-electron chi connectivity index (χ4n) is 2.88. The molecule has 0 aromatic heterocycles. The van der Waals surface area contributed by atoms with Gasteiger partial charge >= 0.3 is 0 Å². The molecule has 3 heteroatoms. The quantitative estimate of drug-likeness (QED) is 0.213. The van der Waals surface area contributed by atoms with E-state index < -0.39 is 0 Å². The average Bonchev–Trinajstić information content (AvgIpc) is 2.62. The lowest BCUT2D eigenvalue weighted by molar-refractivity contribution is 0.000786. The third-order valence-corrected chi connectivity index (χ3v) is 4.49. The largest absolute Gasteiger partial charge is 0.394 e. The van der Waals surface area contributed by atoms with Crippen LogP contribution in [0.4, 0.5) is 0 Å². The maximum atomic E-state index is 8.60. The topological polar surface area (TPSA) is 38.7 Å². The second kappa shape index (κ2) is 21.7. The van der Waals surface area contributed by atoms with Gasteiger partial charge in [0.15, 0.2) is 0 Å². The molecule has 0 aliphatic carbocycles. The second-order valence-electron chi connectivity index (χ2n) is 7.04. The molecule has 0 saturated heterocycles. The first-order chi connectivity index (χ1) is 12.3. The number of unbranched alkanes of at least 4 members (excludes halogenated alkanes) is 10. The SMILES string of the molecule is CCCCCCCC/C=C\CCCCCCC(C)OCCOCCO. The molecule has 0 aromatic carbocycles. The van der Waals surface area contributed by atoms with E-state index in [4.69, 9.17) is 14.6 Å². The lowest BCUT2D eigenvalue weighted by atomic mass is 10.1. The van der Waals surface area contributed by atoms with Crippen LogP contribution in [0.2, 0.25) is 0 Å². The smallest absolute Gasteiger partial charge is 0.0704 e. The minimum atomic E-state index is 0.0871. The zero-order valence-corrected chi connectivity index (χ0v) is 17.0. The van der Waals surface area contributed by atoms with Gasteiger partial charge in [-0.15, -0.1) is 0 Å². The first kappa shape index (κ1) is 24.6. The molecule has 0 amide bonds. The van der Waals surface area contributed by atoms with Gasteiger partial charge in [0.1, 0.15) is 0 Å². The van der Waals surface area contributed by atoms with Crippen molar-refractivity contribution in [1.29, 1.82) is 0 Å². The average molecular weight is 357 g/mol. The minimum Gasteiger partial charge on any atom is -0.394 e. The number of allylic oxidation sites excluding steroid dienone is 2. The lowest BCUT2D eigenvalue weighted by Crippen LogP contribution is -2.13. The fourth-order valence-corrected chi connectivity index (χ4v) is 2.88. The van der Waals surface area contributed by atoms with E-state index in [1.807, 2.05) is 0 Å². The molecule has 1 unspecified atom stereocenters. The second-order valence-corrected chi connectivity index (χ2v) is 7.04. The van der Waals surface area contributed by atoms with Crippen LogP contribution in [-0.2, 0) is 9.47 Å². The highest BCUT2D eigenvalue weighted by atomic mass is 16.5. The van der Waals surface area contributed by atoms with E-state index in [-0.39, 0.29) is 6.61 Å². The Morgan fingerprint density at radius 1 is 0.760 bits per heavy atom. The van der Waals surface area contributed by atoms with Gasteiger partial charge in [-0.05, 0) is 39.0 Å². The normalized spacial score (nSPS) is 12.9. The van der Waals surface area contributed by atoms with Crippen LogP contribution in [0.15, 0.2) is 12.2 Å². The maximum Gasteiger partial charge on any atom is 0.0704 e. The molecule has 0 heterocycles. The van der Waals surface area contributed by atoms with Gasteiger partial charge in [0, 0.05) is 0 Å². The molecule has 0 spiro atoms. The van der Waals surface area contributed by atoms with Crippen LogP contribution in [0.25, 0.3) is 0 Å². The molecular formula is C22H44O3. The number of aliphatic hydroxyl groups is 1. The number of rotatable bonds is 20. The summed E-state index contributed by atoms with van der Waals surface area (Å²) >= 11 is 0. The molecule has 0 aliphatic heterocycles. The summed E-state index contributed by atoms with van der Waals surface area (Å²) in [6.45, 7) is 6.11. The summed E-state index contributed by atoms with van der Waals surface area (Å²) in [5, 5.41) is 8.60. The first-order valence-electron chi connectivity index (χ1n) is 10.8. The summed E-state index contributed by atoms with van der Waals surface area (Å²) in [6.07, 6.45) is 22.3. The Morgan fingerprint density at radius 3 is 2.00 bits per heavy atom. The molecule has 3 nitrogen and oxygen atoms in total. The number of ether oxygens (including phenoxy) is 2. The molecule has 0 aromatic rings. The molecule has 0 aliphatic rings. The fraction of sp³-hybridized carbons (Fsp3) is 0.909. The molecule has 0 rings (SSSR count). The highest BCUT2D eigenvalue weighted by molar-refractivity contribution is 4.81. The summed E-state index contributed by atoms with van der Waals surface area (Å²) in [6, 6.07) is 0. The number of hydrogen-bond donors (Lipinski definition) is 1. The van der Waals surface area contributed by atoms with Gasteiger partial charge in [-0.1, -0.05) is 70.4 Å². The van der Waals surface area contributed by atoms with Crippen LogP contribution >= 0.6 is 0 Å². The molecule has 25 heavy (non-hydrogen) atoms. The molecular weight excluding hydrogens is 312 g/mol. The monoisotopic (exact) mass is 356 g/mol. The van der Waals surface area contributed by atoms with Crippen molar-refractivity contribution in [3.63, 3.8) is 0 Å². The van der Waals surface area contributed by atoms with E-state index >= 15 is 0 Å². The Bertz CT molecular complexity index is 266. The lowest BCUT2D eigenvalue weighted by Gasteiger charge is -2.12. The molecule has 150 valence electrons. The summed E-state index contributed by atoms with van der Waals surface area (Å²) in [4.78, 5) is 0. The van der Waals surface area contributed by atoms with E-state index in [0.29, 0.717) is 25.9 Å². The van der Waals surface area contributed by atoms with E-state index in [9.17, 15) is 0 Å². The summed E-state index contributed by atoms with van der Waals surface area (Å²) < 4.78 is 10.9. The van der Waals surface area contributed by atoms with Gasteiger partial charge in [-0.3, -0.25) is 0 Å². The molecule has 0 bridgehead atoms. The Kier molecular flexibility index (Phi) is 21.3. The van der Waals surface area contributed by atoms with Crippen molar-refractivity contribution in [3.05, 3.63) is 12.2 Å². The summed E-state index contributed by atoms with van der Waals surface area (Å²) in [5.74, 6) is 0. The van der Waals surface area contributed by atoms with Crippen LogP contribution in [0, 0.1) is 0 Å². The van der Waals surface area contributed by atoms with Crippen LogP contribution in [0.3, 0.4) is 0 Å². The van der Waals surface area contributed by atoms with Gasteiger partial charge in [0.05, 0.1) is 32.5 Å². The predicted octanol–water partition coefficient (Wildman–Crippen LogP) is 6.05. The van der Waals surface area contributed by atoms with Crippen molar-refractivity contribution in [3.8, 4) is 0 Å². The molecule has 0 fully saturated rings. The van der Waals surface area contributed by atoms with Gasteiger partial charge in [0.25, 0.3) is 0 Å². The zero-order valence-electron chi connectivity index (χ0n) is 17.0. The van der Waals surface area contributed by atoms with Gasteiger partial charge in [0.2, 0.25) is 0 Å². The molecule has 1 N–H and O–H groups in total. The van der Waals surface area contributed by atoms with Crippen molar-refractivity contribution in [2.24, 2.45) is 0 Å². The van der Waals surface area contributed by atoms with E-state index in [0.717, 1.165) is 6.42 Å². The number of aliphatic hydroxyl groups excluding tert-OH is 1. The van der Waals surface area contributed by atoms with Gasteiger partial charge < -0.3 is 14.6 Å². The first-order valence-corrected chi connectivity index (χ1v) is 10.8. The van der Waals surface area contributed by atoms with Crippen LogP contribution in [0.1, 0.15) is 97.3 Å². The Hall–Kier alpha value is -0.380. The summed E-state index contributed by atoms with van der Waals surface area (Å²) in [7, 11) is 0. The van der Waals surface area contributed by atoms with Crippen molar-refractivity contribution in [2.45, 2.75) is 103 Å². The summed E-state index contributed by atoms with van der Waals surface area (Å²) in [5.41, 5.74) is 0. The van der Waals surface area contributed by atoms with Gasteiger partial charge in [-0.2, -0.15) is 0 Å². The van der Waals surface area contributed by atoms with Crippen molar-refractivity contribution >= 4 is 0 Å². The van der Waals surface area contributed by atoms with Crippen LogP contribution < -0.4 is 0 Å². The molecule has 0 radical (unpaired) electrons. The Labute approximate surface area is 157 Å². The van der Waals surface area contributed by atoms with Gasteiger partial charge in [-0.25, -0.2) is 0 Å².